The number of ether oxygens (including phenoxy) is 1. The number of benzene rings is 2. The van der Waals surface area contributed by atoms with Crippen LogP contribution in [0.1, 0.15) is 47.7 Å². The number of rotatable bonds is 4. The van der Waals surface area contributed by atoms with E-state index in [1.54, 1.807) is 0 Å². The van der Waals surface area contributed by atoms with Gasteiger partial charge in [-0.1, -0.05) is 35.9 Å². The van der Waals surface area contributed by atoms with Crippen molar-refractivity contribution in [3.05, 3.63) is 65.2 Å². The van der Waals surface area contributed by atoms with Gasteiger partial charge >= 0.3 is 0 Å². The summed E-state index contributed by atoms with van der Waals surface area (Å²) in [6.07, 6.45) is 3.40. The average Bonchev–Trinajstić information content (AvgIpc) is 2.60. The van der Waals surface area contributed by atoms with Crippen LogP contribution in [0.25, 0.3) is 0 Å². The summed E-state index contributed by atoms with van der Waals surface area (Å²) in [4.78, 5) is 14.7. The van der Waals surface area contributed by atoms with Crippen LogP contribution in [-0.4, -0.2) is 23.4 Å². The summed E-state index contributed by atoms with van der Waals surface area (Å²) >= 11 is 0. The number of piperidine rings is 1. The number of amides is 1. The van der Waals surface area contributed by atoms with E-state index in [1.165, 1.54) is 12.0 Å². The summed E-state index contributed by atoms with van der Waals surface area (Å²) in [6, 6.07) is 16.1. The van der Waals surface area contributed by atoms with Gasteiger partial charge in [-0.05, 0) is 56.9 Å². The number of aryl methyl sites for hydroxylation is 1. The lowest BCUT2D eigenvalue weighted by atomic mass is 10.0. The topological polar surface area (TPSA) is 29.5 Å². The Balaban J connectivity index is 1.68. The highest BCUT2D eigenvalue weighted by Crippen LogP contribution is 2.22. The SMILES string of the molecule is Cc1cccc(COc2cccc(C(=O)N3CCCCC3C)c2)c1. The Hall–Kier alpha value is -2.29. The largest absolute Gasteiger partial charge is 0.489 e. The van der Waals surface area contributed by atoms with Crippen LogP contribution in [0.2, 0.25) is 0 Å². The molecule has 1 aliphatic heterocycles. The lowest BCUT2D eigenvalue weighted by molar-refractivity contribution is 0.0635. The predicted octanol–water partition coefficient (Wildman–Crippen LogP) is 4.59. The van der Waals surface area contributed by atoms with E-state index in [9.17, 15) is 4.79 Å². The van der Waals surface area contributed by atoms with Gasteiger partial charge in [-0.15, -0.1) is 0 Å². The van der Waals surface area contributed by atoms with Gasteiger partial charge in [0.25, 0.3) is 5.91 Å². The number of hydrogen-bond acceptors (Lipinski definition) is 2. The van der Waals surface area contributed by atoms with Crippen LogP contribution >= 0.6 is 0 Å². The molecule has 3 heteroatoms. The monoisotopic (exact) mass is 323 g/mol. The molecule has 3 rings (SSSR count). The molecule has 24 heavy (non-hydrogen) atoms. The highest BCUT2D eigenvalue weighted by atomic mass is 16.5. The third-order valence-electron chi connectivity index (χ3n) is 4.63. The molecule has 126 valence electrons. The molecular formula is C21H25NO2. The van der Waals surface area contributed by atoms with Crippen LogP contribution in [0.3, 0.4) is 0 Å². The molecule has 3 nitrogen and oxygen atoms in total. The highest BCUT2D eigenvalue weighted by Gasteiger charge is 2.24. The standard InChI is InChI=1S/C21H25NO2/c1-16-7-5-9-18(13-16)15-24-20-11-6-10-19(14-20)21(23)22-12-4-3-8-17(22)2/h5-7,9-11,13-14,17H,3-4,8,12,15H2,1-2H3. The smallest absolute Gasteiger partial charge is 0.254 e. The van der Waals surface area contributed by atoms with E-state index in [0.29, 0.717) is 18.2 Å². The molecule has 0 spiro atoms. The van der Waals surface area contributed by atoms with Crippen LogP contribution in [0.5, 0.6) is 5.75 Å². The minimum Gasteiger partial charge on any atom is -0.489 e. The molecule has 1 atom stereocenters. The fourth-order valence-electron chi connectivity index (χ4n) is 3.25. The van der Waals surface area contributed by atoms with Crippen LogP contribution in [-0.2, 0) is 6.61 Å². The molecule has 1 unspecified atom stereocenters. The first-order chi connectivity index (χ1) is 11.6. The zero-order chi connectivity index (χ0) is 16.9. The molecular weight excluding hydrogens is 298 g/mol. The summed E-state index contributed by atoms with van der Waals surface area (Å²) in [5.74, 6) is 0.857. The number of likely N-dealkylation sites (tertiary alicyclic amines) is 1. The maximum absolute atomic E-state index is 12.8. The van der Waals surface area contributed by atoms with E-state index in [1.807, 2.05) is 35.2 Å². The summed E-state index contributed by atoms with van der Waals surface area (Å²) in [7, 11) is 0. The molecule has 1 amide bonds. The molecule has 1 aliphatic rings. The minimum absolute atomic E-state index is 0.114. The van der Waals surface area contributed by atoms with Crippen molar-refractivity contribution in [2.45, 2.75) is 45.8 Å². The van der Waals surface area contributed by atoms with Crippen LogP contribution < -0.4 is 4.74 Å². The van der Waals surface area contributed by atoms with Crippen molar-refractivity contribution in [3.63, 3.8) is 0 Å². The second-order valence-electron chi connectivity index (χ2n) is 6.65. The van der Waals surface area contributed by atoms with Crippen molar-refractivity contribution in [2.75, 3.05) is 6.54 Å². The van der Waals surface area contributed by atoms with Gasteiger partial charge in [-0.25, -0.2) is 0 Å². The highest BCUT2D eigenvalue weighted by molar-refractivity contribution is 5.94. The van der Waals surface area contributed by atoms with E-state index in [0.717, 1.165) is 30.7 Å². The van der Waals surface area contributed by atoms with E-state index in [2.05, 4.69) is 32.0 Å². The number of nitrogens with zero attached hydrogens (tertiary/aromatic N) is 1. The van der Waals surface area contributed by atoms with E-state index in [-0.39, 0.29) is 5.91 Å². The first kappa shape index (κ1) is 16.6. The van der Waals surface area contributed by atoms with Gasteiger partial charge < -0.3 is 9.64 Å². The number of carbonyl (C=O) groups excluding carboxylic acids is 1. The van der Waals surface area contributed by atoms with E-state index in [4.69, 9.17) is 4.74 Å². The van der Waals surface area contributed by atoms with E-state index >= 15 is 0 Å². The van der Waals surface area contributed by atoms with Crippen molar-refractivity contribution in [1.82, 2.24) is 4.90 Å². The molecule has 0 N–H and O–H groups in total. The first-order valence-electron chi connectivity index (χ1n) is 8.73. The predicted molar refractivity (Wildman–Crippen MR) is 96.3 cm³/mol. The maximum Gasteiger partial charge on any atom is 0.254 e. The zero-order valence-electron chi connectivity index (χ0n) is 14.5. The fourth-order valence-corrected chi connectivity index (χ4v) is 3.25. The lowest BCUT2D eigenvalue weighted by Gasteiger charge is -2.33. The number of hydrogen-bond donors (Lipinski definition) is 0. The quantitative estimate of drug-likeness (QED) is 0.823. The normalized spacial score (nSPS) is 17.6. The third kappa shape index (κ3) is 3.97. The Morgan fingerprint density at radius 2 is 2.00 bits per heavy atom. The molecule has 0 aliphatic carbocycles. The molecule has 1 heterocycles. The Bertz CT molecular complexity index is 710. The Labute approximate surface area is 144 Å². The third-order valence-corrected chi connectivity index (χ3v) is 4.63. The van der Waals surface area contributed by atoms with Gasteiger partial charge in [0.15, 0.2) is 0 Å². The van der Waals surface area contributed by atoms with Gasteiger partial charge in [0.1, 0.15) is 12.4 Å². The molecule has 1 fully saturated rings. The summed E-state index contributed by atoms with van der Waals surface area (Å²) in [5.41, 5.74) is 3.07. The maximum atomic E-state index is 12.8. The van der Waals surface area contributed by atoms with Gasteiger partial charge in [-0.2, -0.15) is 0 Å². The minimum atomic E-state index is 0.114. The van der Waals surface area contributed by atoms with Crippen molar-refractivity contribution in [3.8, 4) is 5.75 Å². The fraction of sp³-hybridized carbons (Fsp3) is 0.381. The number of carbonyl (C=O) groups is 1. The Kier molecular flexibility index (Phi) is 5.19. The van der Waals surface area contributed by atoms with Crippen molar-refractivity contribution < 1.29 is 9.53 Å². The van der Waals surface area contributed by atoms with Gasteiger partial charge in [0.05, 0.1) is 0 Å². The van der Waals surface area contributed by atoms with Crippen LogP contribution in [0.15, 0.2) is 48.5 Å². The second-order valence-corrected chi connectivity index (χ2v) is 6.65. The van der Waals surface area contributed by atoms with Gasteiger partial charge in [0.2, 0.25) is 0 Å². The van der Waals surface area contributed by atoms with Crippen molar-refractivity contribution in [2.24, 2.45) is 0 Å². The lowest BCUT2D eigenvalue weighted by Crippen LogP contribution is -2.42. The van der Waals surface area contributed by atoms with Crippen molar-refractivity contribution in [1.29, 1.82) is 0 Å². The van der Waals surface area contributed by atoms with Gasteiger partial charge in [0, 0.05) is 18.2 Å². The van der Waals surface area contributed by atoms with E-state index < -0.39 is 0 Å². The molecule has 0 aromatic heterocycles. The molecule has 2 aromatic carbocycles. The van der Waals surface area contributed by atoms with Crippen LogP contribution in [0, 0.1) is 6.92 Å². The summed E-state index contributed by atoms with van der Waals surface area (Å²) in [5, 5.41) is 0. The molecule has 0 bridgehead atoms. The summed E-state index contributed by atoms with van der Waals surface area (Å²) < 4.78 is 5.88. The molecule has 0 saturated carbocycles. The summed E-state index contributed by atoms with van der Waals surface area (Å²) in [6.45, 7) is 5.57. The Morgan fingerprint density at radius 3 is 2.79 bits per heavy atom. The average molecular weight is 323 g/mol. The second kappa shape index (κ2) is 7.52. The Morgan fingerprint density at radius 1 is 1.17 bits per heavy atom. The zero-order valence-corrected chi connectivity index (χ0v) is 14.5. The molecule has 0 radical (unpaired) electrons. The molecule has 1 saturated heterocycles. The van der Waals surface area contributed by atoms with Crippen LogP contribution in [0.4, 0.5) is 0 Å². The first-order valence-corrected chi connectivity index (χ1v) is 8.73. The van der Waals surface area contributed by atoms with Crippen molar-refractivity contribution >= 4 is 5.91 Å². The molecule has 2 aromatic rings. The van der Waals surface area contributed by atoms with Gasteiger partial charge in [-0.3, -0.25) is 4.79 Å².